The number of hydrogen-bond donors (Lipinski definition) is 1. The Hall–Kier alpha value is -2.29. The first kappa shape index (κ1) is 23.9. The summed E-state index contributed by atoms with van der Waals surface area (Å²) in [5, 5.41) is 0. The Morgan fingerprint density at radius 2 is 1.91 bits per heavy atom. The largest absolute Gasteiger partial charge is 0.349 e. The van der Waals surface area contributed by atoms with E-state index in [1.807, 2.05) is 17.9 Å². The molecule has 3 aliphatic rings. The molecular weight excluding hydrogens is 440 g/mol. The third-order valence-electron chi connectivity index (χ3n) is 6.90. The van der Waals surface area contributed by atoms with Crippen molar-refractivity contribution in [2.45, 2.75) is 65.1 Å². The first-order chi connectivity index (χ1) is 15.6. The molecule has 9 heteroatoms. The predicted octanol–water partition coefficient (Wildman–Crippen LogP) is 3.11. The molecule has 1 aromatic carbocycles. The van der Waals surface area contributed by atoms with Crippen LogP contribution in [-0.2, 0) is 14.8 Å². The SMILES string of the molecule is CCC[C@H]1C(=O)N(CC2CCC2)C[C@@H]2N(CC(C)C)c3ccc(NS(C)(=O)=O)cc3C(=O)N21. The molecule has 0 bridgehead atoms. The van der Waals surface area contributed by atoms with Crippen molar-refractivity contribution < 1.29 is 18.0 Å². The zero-order valence-electron chi connectivity index (χ0n) is 20.1. The van der Waals surface area contributed by atoms with Crippen LogP contribution in [0.2, 0.25) is 0 Å². The maximum Gasteiger partial charge on any atom is 0.258 e. The van der Waals surface area contributed by atoms with Crippen LogP contribution < -0.4 is 9.62 Å². The van der Waals surface area contributed by atoms with Crippen LogP contribution in [0.25, 0.3) is 0 Å². The molecule has 2 amide bonds. The van der Waals surface area contributed by atoms with E-state index in [-0.39, 0.29) is 18.0 Å². The number of hydrogen-bond acceptors (Lipinski definition) is 5. The fourth-order valence-electron chi connectivity index (χ4n) is 5.27. The minimum absolute atomic E-state index is 0.0479. The molecule has 2 heterocycles. The van der Waals surface area contributed by atoms with E-state index in [1.54, 1.807) is 17.0 Å². The van der Waals surface area contributed by atoms with Gasteiger partial charge in [-0.1, -0.05) is 33.6 Å². The number of carbonyl (C=O) groups is 2. The first-order valence-corrected chi connectivity index (χ1v) is 14.0. The summed E-state index contributed by atoms with van der Waals surface area (Å²) in [5.41, 5.74) is 1.61. The van der Waals surface area contributed by atoms with E-state index in [0.717, 1.165) is 31.5 Å². The maximum absolute atomic E-state index is 13.8. The third kappa shape index (κ3) is 4.83. The van der Waals surface area contributed by atoms with Crippen molar-refractivity contribution in [1.82, 2.24) is 9.80 Å². The average Bonchev–Trinajstić information content (AvgIpc) is 2.69. The molecule has 1 aromatic rings. The van der Waals surface area contributed by atoms with Crippen LogP contribution >= 0.6 is 0 Å². The maximum atomic E-state index is 13.8. The molecule has 1 saturated carbocycles. The molecule has 33 heavy (non-hydrogen) atoms. The number of benzene rings is 1. The summed E-state index contributed by atoms with van der Waals surface area (Å²) in [6, 6.07) is 4.66. The molecule has 4 rings (SSSR count). The minimum Gasteiger partial charge on any atom is -0.349 e. The van der Waals surface area contributed by atoms with Gasteiger partial charge in [0.1, 0.15) is 12.2 Å². The van der Waals surface area contributed by atoms with Crippen LogP contribution in [0.5, 0.6) is 0 Å². The smallest absolute Gasteiger partial charge is 0.258 e. The summed E-state index contributed by atoms with van der Waals surface area (Å²) in [5.74, 6) is 0.774. The lowest BCUT2D eigenvalue weighted by molar-refractivity contribution is -0.145. The highest BCUT2D eigenvalue weighted by atomic mass is 32.2. The zero-order valence-corrected chi connectivity index (χ0v) is 20.9. The average molecular weight is 477 g/mol. The summed E-state index contributed by atoms with van der Waals surface area (Å²) in [6.07, 6.45) is 5.87. The van der Waals surface area contributed by atoms with Crippen molar-refractivity contribution in [2.24, 2.45) is 11.8 Å². The Labute approximate surface area is 197 Å². The Morgan fingerprint density at radius 3 is 2.48 bits per heavy atom. The van der Waals surface area contributed by atoms with E-state index >= 15 is 0 Å². The van der Waals surface area contributed by atoms with Gasteiger partial charge in [-0.25, -0.2) is 8.42 Å². The number of rotatable bonds is 8. The van der Waals surface area contributed by atoms with Gasteiger partial charge in [0, 0.05) is 18.8 Å². The summed E-state index contributed by atoms with van der Waals surface area (Å²) >= 11 is 0. The summed E-state index contributed by atoms with van der Waals surface area (Å²) in [4.78, 5) is 33.3. The van der Waals surface area contributed by atoms with Gasteiger partial charge in [-0.15, -0.1) is 0 Å². The number of nitrogens with zero attached hydrogens (tertiary/aromatic N) is 3. The number of fused-ring (bicyclic) bond motifs is 2. The zero-order chi connectivity index (χ0) is 23.9. The monoisotopic (exact) mass is 476 g/mol. The molecule has 2 aliphatic heterocycles. The van der Waals surface area contributed by atoms with Crippen LogP contribution in [0.3, 0.4) is 0 Å². The first-order valence-electron chi connectivity index (χ1n) is 12.1. The molecule has 1 aliphatic carbocycles. The molecule has 2 atom stereocenters. The lowest BCUT2D eigenvalue weighted by Crippen LogP contribution is -2.70. The number of sulfonamides is 1. The van der Waals surface area contributed by atoms with Crippen LogP contribution in [0.15, 0.2) is 18.2 Å². The van der Waals surface area contributed by atoms with Gasteiger partial charge in [0.2, 0.25) is 15.9 Å². The normalized spacial score (nSPS) is 23.5. The number of anilines is 2. The van der Waals surface area contributed by atoms with Gasteiger partial charge in [-0.3, -0.25) is 14.3 Å². The Morgan fingerprint density at radius 1 is 1.18 bits per heavy atom. The molecule has 8 nitrogen and oxygen atoms in total. The van der Waals surface area contributed by atoms with Crippen molar-refractivity contribution in [2.75, 3.05) is 35.5 Å². The molecule has 2 fully saturated rings. The minimum atomic E-state index is -3.47. The van der Waals surface area contributed by atoms with Crippen molar-refractivity contribution in [3.05, 3.63) is 23.8 Å². The van der Waals surface area contributed by atoms with Gasteiger partial charge in [-0.05, 0) is 49.3 Å². The van der Waals surface area contributed by atoms with Gasteiger partial charge in [0.15, 0.2) is 0 Å². The molecule has 0 radical (unpaired) electrons. The van der Waals surface area contributed by atoms with Crippen molar-refractivity contribution >= 4 is 33.2 Å². The number of carbonyl (C=O) groups excluding carboxylic acids is 2. The van der Waals surface area contributed by atoms with Crippen molar-refractivity contribution in [3.8, 4) is 0 Å². The van der Waals surface area contributed by atoms with Gasteiger partial charge in [-0.2, -0.15) is 0 Å². The molecule has 1 N–H and O–H groups in total. The molecule has 1 saturated heterocycles. The van der Waals surface area contributed by atoms with E-state index in [9.17, 15) is 18.0 Å². The quantitative estimate of drug-likeness (QED) is 0.623. The molecule has 0 aromatic heterocycles. The fourth-order valence-corrected chi connectivity index (χ4v) is 5.83. The van der Waals surface area contributed by atoms with Gasteiger partial charge in [0.25, 0.3) is 5.91 Å². The van der Waals surface area contributed by atoms with E-state index in [4.69, 9.17) is 0 Å². The second-order valence-corrected chi connectivity index (χ2v) is 11.9. The Kier molecular flexibility index (Phi) is 6.62. The van der Waals surface area contributed by atoms with Gasteiger partial charge < -0.3 is 14.7 Å². The van der Waals surface area contributed by atoms with Gasteiger partial charge >= 0.3 is 0 Å². The van der Waals surface area contributed by atoms with E-state index in [1.165, 1.54) is 19.3 Å². The molecular formula is C24H36N4O4S. The summed E-state index contributed by atoms with van der Waals surface area (Å²) in [7, 11) is -3.47. The highest BCUT2D eigenvalue weighted by Gasteiger charge is 2.49. The molecule has 0 spiro atoms. The van der Waals surface area contributed by atoms with Crippen LogP contribution in [-0.4, -0.2) is 68.1 Å². The summed E-state index contributed by atoms with van der Waals surface area (Å²) in [6.45, 7) is 8.35. The molecule has 182 valence electrons. The van der Waals surface area contributed by atoms with Crippen LogP contribution in [0.4, 0.5) is 11.4 Å². The lowest BCUT2D eigenvalue weighted by Gasteiger charge is -2.54. The molecule has 0 unspecified atom stereocenters. The van der Waals surface area contributed by atoms with Crippen molar-refractivity contribution in [3.63, 3.8) is 0 Å². The Balaban J connectivity index is 1.76. The lowest BCUT2D eigenvalue weighted by atomic mass is 9.84. The van der Waals surface area contributed by atoms with Crippen LogP contribution in [0.1, 0.15) is 63.2 Å². The fraction of sp³-hybridized carbons (Fsp3) is 0.667. The number of piperazine rings is 1. The second-order valence-electron chi connectivity index (χ2n) is 10.2. The highest BCUT2D eigenvalue weighted by molar-refractivity contribution is 7.92. The summed E-state index contributed by atoms with van der Waals surface area (Å²) < 4.78 is 26.0. The van der Waals surface area contributed by atoms with E-state index < -0.39 is 16.1 Å². The Bertz CT molecular complexity index is 1020. The predicted molar refractivity (Wildman–Crippen MR) is 130 cm³/mol. The number of nitrogens with one attached hydrogen (secondary N) is 1. The standard InChI is InChI=1S/C24H36N4O4S/c1-5-7-21-24(30)26(14-17-8-6-9-17)15-22-27(13-16(2)3)20-11-10-18(25-33(4,31)32)12-19(20)23(29)28(21)22/h10-12,16-17,21-22,25H,5-9,13-15H2,1-4H3/t21-,22+/m0/s1. The highest BCUT2D eigenvalue weighted by Crippen LogP contribution is 2.39. The van der Waals surface area contributed by atoms with E-state index in [2.05, 4.69) is 23.5 Å². The topological polar surface area (TPSA) is 90.0 Å². The van der Waals surface area contributed by atoms with Crippen molar-refractivity contribution in [1.29, 1.82) is 0 Å². The van der Waals surface area contributed by atoms with E-state index in [0.29, 0.717) is 36.1 Å². The van der Waals surface area contributed by atoms with Gasteiger partial charge in [0.05, 0.1) is 24.1 Å². The van der Waals surface area contributed by atoms with Crippen LogP contribution in [0, 0.1) is 11.8 Å². The third-order valence-corrected chi connectivity index (χ3v) is 7.50. The number of amides is 2. The second kappa shape index (κ2) is 9.16.